The lowest BCUT2D eigenvalue weighted by molar-refractivity contribution is 0.436. The van der Waals surface area contributed by atoms with Crippen LogP contribution in [0.4, 0.5) is 34.1 Å². The Hall–Kier alpha value is -11.9. The van der Waals surface area contributed by atoms with Crippen LogP contribution in [0.2, 0.25) is 0 Å². The number of anilines is 6. The fourth-order valence-corrected chi connectivity index (χ4v) is 16.1. The third-order valence-electron chi connectivity index (χ3n) is 20.1. The lowest BCUT2D eigenvalue weighted by Gasteiger charge is -2.39. The van der Waals surface area contributed by atoms with Crippen molar-refractivity contribution >= 4 is 78.0 Å². The van der Waals surface area contributed by atoms with Crippen LogP contribution in [0, 0.1) is 0 Å². The quantitative estimate of drug-likeness (QED) is 0.144. The number of furan rings is 2. The molecule has 3 aliphatic rings. The van der Waals surface area contributed by atoms with Gasteiger partial charge >= 0.3 is 0 Å². The number of rotatable bonds is 9. The number of para-hydroxylation sites is 6. The first-order valence-electron chi connectivity index (χ1n) is 32.1. The molecule has 0 amide bonds. The first-order chi connectivity index (χ1) is 45.9. The molecular weight excluding hydrogens is 1130 g/mol. The van der Waals surface area contributed by atoms with E-state index >= 15 is 0 Å². The van der Waals surface area contributed by atoms with E-state index in [1.165, 1.54) is 22.3 Å². The summed E-state index contributed by atoms with van der Waals surface area (Å²) in [4.78, 5) is 5.06. The van der Waals surface area contributed by atoms with Crippen LogP contribution in [-0.4, -0.2) is 0 Å². The molecule has 0 unspecified atom stereocenters. The average molecular weight is 1190 g/mol. The zero-order chi connectivity index (χ0) is 61.5. The molecule has 14 aromatic carbocycles. The smallest absolute Gasteiger partial charge is 0.145 e. The Balaban J connectivity index is 0.959. The number of nitrogens with zero attached hydrogens (tertiary/aromatic N) is 2. The van der Waals surface area contributed by atoms with Crippen molar-refractivity contribution in [2.24, 2.45) is 0 Å². The summed E-state index contributed by atoms with van der Waals surface area (Å²) in [6.07, 6.45) is 0. The average Bonchev–Trinajstić information content (AvgIpc) is 1.53. The minimum Gasteiger partial charge on any atom is -0.457 e. The van der Waals surface area contributed by atoms with Crippen LogP contribution in [0.15, 0.2) is 324 Å². The van der Waals surface area contributed by atoms with Gasteiger partial charge in [0.05, 0.1) is 33.6 Å². The molecular formula is C88H58N2O3. The molecule has 1 aliphatic heterocycles. The molecule has 93 heavy (non-hydrogen) atoms. The molecule has 19 rings (SSSR count). The van der Waals surface area contributed by atoms with Gasteiger partial charge in [-0.05, 0) is 135 Å². The topological polar surface area (TPSA) is 42.0 Å². The second-order valence-electron chi connectivity index (χ2n) is 25.3. The molecule has 0 saturated heterocycles. The first-order valence-corrected chi connectivity index (χ1v) is 32.1. The molecule has 0 bridgehead atoms. The molecule has 16 aromatic rings. The van der Waals surface area contributed by atoms with Crippen LogP contribution in [0.5, 0.6) is 11.5 Å². The molecule has 0 fully saturated rings. The van der Waals surface area contributed by atoms with Gasteiger partial charge in [-0.1, -0.05) is 244 Å². The Bertz CT molecular complexity index is 5680. The summed E-state index contributed by atoms with van der Waals surface area (Å²) in [6, 6.07) is 115. The Morgan fingerprint density at radius 1 is 0.280 bits per heavy atom. The van der Waals surface area contributed by atoms with E-state index in [-0.39, 0.29) is 5.41 Å². The lowest BCUT2D eigenvalue weighted by atomic mass is 9.66. The maximum absolute atomic E-state index is 7.22. The van der Waals surface area contributed by atoms with Gasteiger partial charge in [-0.15, -0.1) is 0 Å². The van der Waals surface area contributed by atoms with Crippen molar-refractivity contribution in [3.8, 4) is 67.1 Å². The monoisotopic (exact) mass is 1190 g/mol. The maximum Gasteiger partial charge on any atom is 0.145 e. The van der Waals surface area contributed by atoms with Crippen LogP contribution < -0.4 is 14.5 Å². The van der Waals surface area contributed by atoms with Gasteiger partial charge in [0.25, 0.3) is 0 Å². The highest BCUT2D eigenvalue weighted by atomic mass is 16.5. The van der Waals surface area contributed by atoms with Gasteiger partial charge in [0.1, 0.15) is 33.8 Å². The van der Waals surface area contributed by atoms with Gasteiger partial charge < -0.3 is 23.4 Å². The normalized spacial score (nSPS) is 13.5. The molecule has 2 aromatic heterocycles. The third-order valence-corrected chi connectivity index (χ3v) is 20.1. The van der Waals surface area contributed by atoms with Gasteiger partial charge in [-0.2, -0.15) is 0 Å². The highest BCUT2D eigenvalue weighted by Crippen LogP contribution is 2.67. The minimum absolute atomic E-state index is 0.224. The van der Waals surface area contributed by atoms with Crippen molar-refractivity contribution in [2.75, 3.05) is 9.80 Å². The van der Waals surface area contributed by atoms with Crippen LogP contribution in [0.3, 0.4) is 0 Å². The summed E-state index contributed by atoms with van der Waals surface area (Å²) in [5.74, 6) is 1.64. The second kappa shape index (κ2) is 20.3. The zero-order valence-corrected chi connectivity index (χ0v) is 51.1. The van der Waals surface area contributed by atoms with Crippen LogP contribution in [0.1, 0.15) is 47.2 Å². The van der Waals surface area contributed by atoms with E-state index in [4.69, 9.17) is 13.6 Å². The van der Waals surface area contributed by atoms with E-state index in [0.29, 0.717) is 0 Å². The zero-order valence-electron chi connectivity index (χ0n) is 51.1. The van der Waals surface area contributed by atoms with E-state index in [1.807, 2.05) is 0 Å². The fraction of sp³-hybridized carbons (Fsp3) is 0.0455. The molecule has 5 nitrogen and oxygen atoms in total. The van der Waals surface area contributed by atoms with E-state index in [0.717, 1.165) is 156 Å². The van der Waals surface area contributed by atoms with Crippen molar-refractivity contribution in [1.29, 1.82) is 0 Å². The molecule has 2 aliphatic carbocycles. The number of benzene rings is 14. The summed E-state index contributed by atoms with van der Waals surface area (Å²) >= 11 is 0. The van der Waals surface area contributed by atoms with Crippen molar-refractivity contribution in [1.82, 2.24) is 0 Å². The van der Waals surface area contributed by atoms with Crippen LogP contribution in [-0.2, 0) is 10.8 Å². The van der Waals surface area contributed by atoms with E-state index in [9.17, 15) is 0 Å². The van der Waals surface area contributed by atoms with E-state index < -0.39 is 5.41 Å². The molecule has 0 saturated carbocycles. The Morgan fingerprint density at radius 2 is 0.785 bits per heavy atom. The minimum atomic E-state index is -0.870. The Labute approximate surface area is 538 Å². The molecule has 5 heteroatoms. The number of fused-ring (bicyclic) bond motifs is 18. The van der Waals surface area contributed by atoms with Gasteiger partial charge in [0, 0.05) is 71.9 Å². The molecule has 0 radical (unpaired) electrons. The number of hydrogen-bond donors (Lipinski definition) is 0. The Kier molecular flexibility index (Phi) is 11.6. The highest BCUT2D eigenvalue weighted by Gasteiger charge is 2.53. The third kappa shape index (κ3) is 7.68. The number of hydrogen-bond acceptors (Lipinski definition) is 5. The van der Waals surface area contributed by atoms with Gasteiger partial charge in [0.2, 0.25) is 0 Å². The first kappa shape index (κ1) is 53.0. The van der Waals surface area contributed by atoms with Crippen molar-refractivity contribution < 1.29 is 13.6 Å². The molecule has 438 valence electrons. The van der Waals surface area contributed by atoms with Crippen LogP contribution >= 0.6 is 0 Å². The highest BCUT2D eigenvalue weighted by molar-refractivity contribution is 6.19. The second-order valence-corrected chi connectivity index (χ2v) is 25.3. The summed E-state index contributed by atoms with van der Waals surface area (Å²) in [7, 11) is 0. The van der Waals surface area contributed by atoms with Crippen molar-refractivity contribution in [2.45, 2.75) is 24.7 Å². The Morgan fingerprint density at radius 3 is 1.48 bits per heavy atom. The van der Waals surface area contributed by atoms with Crippen LogP contribution in [0.25, 0.3) is 99.5 Å². The van der Waals surface area contributed by atoms with Crippen molar-refractivity contribution in [3.63, 3.8) is 0 Å². The molecule has 0 N–H and O–H groups in total. The predicted molar refractivity (Wildman–Crippen MR) is 382 cm³/mol. The summed E-state index contributed by atoms with van der Waals surface area (Å²) < 4.78 is 21.2. The van der Waals surface area contributed by atoms with Gasteiger partial charge in [-0.25, -0.2) is 0 Å². The van der Waals surface area contributed by atoms with E-state index in [1.54, 1.807) is 0 Å². The largest absolute Gasteiger partial charge is 0.457 e. The van der Waals surface area contributed by atoms with Gasteiger partial charge in [0.15, 0.2) is 0 Å². The SMILES string of the molecule is CC1(C)c2ccccc2-c2ccc(-c3ccccc3N(c3cccc4c3-c3c(N(c5ccccc5)c5cc(-c6ccccc6)c6oc7ccccc7c6c5)cccc3C43c4ccccc4Oc4ccccc43)c3ccc(-c4ccccc4)c4oc5ccccc5c34)cc21. The molecule has 0 atom stereocenters. The van der Waals surface area contributed by atoms with Gasteiger partial charge in [-0.3, -0.25) is 0 Å². The summed E-state index contributed by atoms with van der Waals surface area (Å²) in [5.41, 5.74) is 26.6. The summed E-state index contributed by atoms with van der Waals surface area (Å²) in [5, 5.41) is 4.15. The standard InChI is InChI=1S/C88H58N2O3/c1-87(2)68-36-16-12-33-62(68)63-49-48-57(52-73(63)87)60-32-13-19-41-74(60)90(77-51-50-61(55-26-6-3-7-27-55)86-82(77)65-35-15-21-45-79(65)93-86)76-43-25-40-72-84(76)83-71(88(72)69-37-17-22-46-80(69)91-81-47-23-18-38-70(81)88)39-24-42-75(83)89(58-30-10-5-11-31-58)59-53-66(56-28-8-4-9-29-56)85-67(54-59)64-34-14-20-44-78(64)92-85/h3-54H,1-2H3. The maximum atomic E-state index is 7.22. The summed E-state index contributed by atoms with van der Waals surface area (Å²) in [6.45, 7) is 4.74. The van der Waals surface area contributed by atoms with E-state index in [2.05, 4.69) is 339 Å². The predicted octanol–water partition coefficient (Wildman–Crippen LogP) is 24.2. The van der Waals surface area contributed by atoms with Crippen molar-refractivity contribution in [3.05, 3.63) is 349 Å². The molecule has 3 heterocycles. The number of ether oxygens (including phenoxy) is 1. The molecule has 1 spiro atoms. The lowest BCUT2D eigenvalue weighted by Crippen LogP contribution is -2.32. The fourth-order valence-electron chi connectivity index (χ4n) is 16.1.